The quantitative estimate of drug-likeness (QED) is 0.713. The Morgan fingerprint density at radius 2 is 1.93 bits per heavy atom. The van der Waals surface area contributed by atoms with Gasteiger partial charge in [-0.15, -0.1) is 11.3 Å². The van der Waals surface area contributed by atoms with Crippen molar-refractivity contribution in [3.8, 4) is 0 Å². The predicted molar refractivity (Wildman–Crippen MR) is 70.9 cm³/mol. The lowest BCUT2D eigenvalue weighted by Crippen LogP contribution is -1.92. The second-order valence-corrected chi connectivity index (χ2v) is 5.76. The van der Waals surface area contributed by atoms with E-state index in [0.29, 0.717) is 4.83 Å². The van der Waals surface area contributed by atoms with Crippen LogP contribution in [0.5, 0.6) is 0 Å². The highest BCUT2D eigenvalue weighted by Crippen LogP contribution is 2.30. The van der Waals surface area contributed by atoms with Crippen LogP contribution in [0.15, 0.2) is 41.8 Å². The fourth-order valence-electron chi connectivity index (χ4n) is 1.50. The third kappa shape index (κ3) is 2.93. The zero-order valence-electron chi connectivity index (χ0n) is 8.61. The van der Waals surface area contributed by atoms with Crippen LogP contribution in [-0.2, 0) is 6.42 Å². The number of hydrogen-bond donors (Lipinski definition) is 0. The first-order valence-corrected chi connectivity index (χ1v) is 6.78. The molecule has 15 heavy (non-hydrogen) atoms. The molecule has 1 heterocycles. The zero-order chi connectivity index (χ0) is 10.7. The van der Waals surface area contributed by atoms with Crippen molar-refractivity contribution in [1.29, 1.82) is 0 Å². The van der Waals surface area contributed by atoms with Crippen molar-refractivity contribution in [2.75, 3.05) is 0 Å². The number of halogens is 1. The Bertz CT molecular complexity index is 403. The molecule has 1 unspecified atom stereocenters. The van der Waals surface area contributed by atoms with E-state index in [0.717, 1.165) is 6.42 Å². The van der Waals surface area contributed by atoms with Crippen molar-refractivity contribution in [3.05, 3.63) is 57.8 Å². The highest BCUT2D eigenvalue weighted by molar-refractivity contribution is 9.09. The molecule has 0 amide bonds. The topological polar surface area (TPSA) is 0 Å². The molecule has 0 aliphatic carbocycles. The molecule has 2 rings (SSSR count). The molecule has 1 atom stereocenters. The van der Waals surface area contributed by atoms with E-state index in [2.05, 4.69) is 64.6 Å². The van der Waals surface area contributed by atoms with Gasteiger partial charge in [0, 0.05) is 4.88 Å². The Morgan fingerprint density at radius 3 is 2.53 bits per heavy atom. The van der Waals surface area contributed by atoms with Crippen LogP contribution in [0, 0.1) is 6.92 Å². The van der Waals surface area contributed by atoms with Gasteiger partial charge in [0.05, 0.1) is 4.83 Å². The summed E-state index contributed by atoms with van der Waals surface area (Å²) >= 11 is 5.54. The molecule has 0 N–H and O–H groups in total. The summed E-state index contributed by atoms with van der Waals surface area (Å²) in [5, 5.41) is 2.12. The summed E-state index contributed by atoms with van der Waals surface area (Å²) in [7, 11) is 0. The molecule has 0 aliphatic rings. The van der Waals surface area contributed by atoms with Gasteiger partial charge in [-0.25, -0.2) is 0 Å². The summed E-state index contributed by atoms with van der Waals surface area (Å²) in [6, 6.07) is 13.0. The van der Waals surface area contributed by atoms with Gasteiger partial charge in [-0.3, -0.25) is 0 Å². The van der Waals surface area contributed by atoms with Crippen molar-refractivity contribution >= 4 is 27.3 Å². The Labute approximate surface area is 103 Å². The standard InChI is InChI=1S/C13H13BrS/c1-10-4-6-11(7-5-10)9-12(14)13-3-2-8-15-13/h2-8,12H,9H2,1H3. The SMILES string of the molecule is Cc1ccc(CC(Br)c2cccs2)cc1. The van der Waals surface area contributed by atoms with Crippen LogP contribution < -0.4 is 0 Å². The molecule has 0 fully saturated rings. The second-order valence-electron chi connectivity index (χ2n) is 3.67. The Balaban J connectivity index is 2.06. The normalized spacial score (nSPS) is 12.7. The van der Waals surface area contributed by atoms with Crippen LogP contribution >= 0.6 is 27.3 Å². The van der Waals surface area contributed by atoms with Crippen LogP contribution in [0.4, 0.5) is 0 Å². The molecule has 0 aliphatic heterocycles. The lowest BCUT2D eigenvalue weighted by molar-refractivity contribution is 0.968. The fraction of sp³-hybridized carbons (Fsp3) is 0.231. The summed E-state index contributed by atoms with van der Waals surface area (Å²) in [5.41, 5.74) is 2.71. The maximum atomic E-state index is 3.73. The average Bonchev–Trinajstić information content (AvgIpc) is 2.74. The van der Waals surface area contributed by atoms with Gasteiger partial charge in [-0.05, 0) is 30.4 Å². The summed E-state index contributed by atoms with van der Waals surface area (Å²) in [4.78, 5) is 1.84. The lowest BCUT2D eigenvalue weighted by atomic mass is 10.1. The maximum Gasteiger partial charge on any atom is 0.0529 e. The first-order valence-electron chi connectivity index (χ1n) is 4.99. The van der Waals surface area contributed by atoms with Gasteiger partial charge in [-0.1, -0.05) is 51.8 Å². The van der Waals surface area contributed by atoms with E-state index in [4.69, 9.17) is 0 Å². The Morgan fingerprint density at radius 1 is 1.20 bits per heavy atom. The summed E-state index contributed by atoms with van der Waals surface area (Å²) in [6.07, 6.45) is 1.06. The molecule has 2 aromatic rings. The van der Waals surface area contributed by atoms with Gasteiger partial charge in [-0.2, -0.15) is 0 Å². The molecule has 0 saturated heterocycles. The molecule has 0 spiro atoms. The number of benzene rings is 1. The molecular weight excluding hydrogens is 268 g/mol. The maximum absolute atomic E-state index is 3.73. The van der Waals surface area contributed by atoms with Crippen LogP contribution in [0.2, 0.25) is 0 Å². The average molecular weight is 281 g/mol. The van der Waals surface area contributed by atoms with E-state index in [1.807, 2.05) is 0 Å². The molecule has 0 bridgehead atoms. The number of thiophene rings is 1. The van der Waals surface area contributed by atoms with Crippen molar-refractivity contribution in [3.63, 3.8) is 0 Å². The monoisotopic (exact) mass is 280 g/mol. The number of rotatable bonds is 3. The van der Waals surface area contributed by atoms with Gasteiger partial charge in [0.15, 0.2) is 0 Å². The Hall–Kier alpha value is -0.600. The first-order chi connectivity index (χ1) is 7.25. The van der Waals surface area contributed by atoms with Crippen LogP contribution in [0.3, 0.4) is 0 Å². The molecule has 78 valence electrons. The van der Waals surface area contributed by atoms with Crippen molar-refractivity contribution in [1.82, 2.24) is 0 Å². The Kier molecular flexibility index (Phi) is 3.60. The third-order valence-electron chi connectivity index (χ3n) is 2.39. The number of hydrogen-bond acceptors (Lipinski definition) is 1. The number of alkyl halides is 1. The zero-order valence-corrected chi connectivity index (χ0v) is 11.0. The minimum absolute atomic E-state index is 0.445. The minimum Gasteiger partial charge on any atom is -0.148 e. The van der Waals surface area contributed by atoms with Crippen molar-refractivity contribution in [2.45, 2.75) is 18.2 Å². The first kappa shape index (κ1) is 10.9. The van der Waals surface area contributed by atoms with E-state index >= 15 is 0 Å². The van der Waals surface area contributed by atoms with Gasteiger partial charge >= 0.3 is 0 Å². The number of aryl methyl sites for hydroxylation is 1. The second kappa shape index (κ2) is 4.95. The highest BCUT2D eigenvalue weighted by atomic mass is 79.9. The van der Waals surface area contributed by atoms with Gasteiger partial charge < -0.3 is 0 Å². The molecule has 0 saturated carbocycles. The van der Waals surface area contributed by atoms with Gasteiger partial charge in [0.2, 0.25) is 0 Å². The van der Waals surface area contributed by atoms with Crippen molar-refractivity contribution < 1.29 is 0 Å². The van der Waals surface area contributed by atoms with Gasteiger partial charge in [0.25, 0.3) is 0 Å². The van der Waals surface area contributed by atoms with E-state index in [1.54, 1.807) is 11.3 Å². The smallest absolute Gasteiger partial charge is 0.0529 e. The molecule has 0 nitrogen and oxygen atoms in total. The van der Waals surface area contributed by atoms with Crippen LogP contribution in [0.1, 0.15) is 20.8 Å². The highest BCUT2D eigenvalue weighted by Gasteiger charge is 2.08. The summed E-state index contributed by atoms with van der Waals surface area (Å²) < 4.78 is 0. The van der Waals surface area contributed by atoms with Gasteiger partial charge in [0.1, 0.15) is 0 Å². The van der Waals surface area contributed by atoms with Crippen LogP contribution in [-0.4, -0.2) is 0 Å². The molecule has 2 heteroatoms. The van der Waals surface area contributed by atoms with E-state index in [-0.39, 0.29) is 0 Å². The molecule has 1 aromatic carbocycles. The minimum atomic E-state index is 0.445. The lowest BCUT2D eigenvalue weighted by Gasteiger charge is -2.07. The van der Waals surface area contributed by atoms with E-state index in [9.17, 15) is 0 Å². The molecule has 1 aromatic heterocycles. The van der Waals surface area contributed by atoms with E-state index in [1.165, 1.54) is 16.0 Å². The largest absolute Gasteiger partial charge is 0.148 e. The fourth-order valence-corrected chi connectivity index (χ4v) is 3.05. The van der Waals surface area contributed by atoms with Crippen molar-refractivity contribution in [2.24, 2.45) is 0 Å². The molecular formula is C13H13BrS. The van der Waals surface area contributed by atoms with Crippen LogP contribution in [0.25, 0.3) is 0 Å². The third-order valence-corrected chi connectivity index (χ3v) is 4.49. The predicted octanol–water partition coefficient (Wildman–Crippen LogP) is 4.74. The van der Waals surface area contributed by atoms with E-state index < -0.39 is 0 Å². The summed E-state index contributed by atoms with van der Waals surface area (Å²) in [6.45, 7) is 2.12. The molecule has 0 radical (unpaired) electrons. The summed E-state index contributed by atoms with van der Waals surface area (Å²) in [5.74, 6) is 0.